The molecule has 0 amide bonds. The van der Waals surface area contributed by atoms with Gasteiger partial charge in [-0.2, -0.15) is 0 Å². The summed E-state index contributed by atoms with van der Waals surface area (Å²) in [5, 5.41) is 10.4. The van der Waals surface area contributed by atoms with Crippen molar-refractivity contribution in [1.82, 2.24) is 0 Å². The van der Waals surface area contributed by atoms with E-state index in [1.165, 1.54) is 12.1 Å². The standard InChI is InChI=1S/C10H12ClNO3/c11-7-1-2-8-15-10-5-3-9(4-6-10)12(13)14/h3-6H,1-2,7-8H2. The van der Waals surface area contributed by atoms with E-state index in [0.717, 1.165) is 12.8 Å². The highest BCUT2D eigenvalue weighted by Gasteiger charge is 2.03. The van der Waals surface area contributed by atoms with Crippen molar-refractivity contribution in [3.05, 3.63) is 34.4 Å². The van der Waals surface area contributed by atoms with Gasteiger partial charge in [-0.15, -0.1) is 11.6 Å². The molecule has 0 saturated heterocycles. The molecule has 0 aliphatic carbocycles. The number of alkyl halides is 1. The maximum atomic E-state index is 10.4. The molecule has 0 aliphatic heterocycles. The molecule has 0 N–H and O–H groups in total. The SMILES string of the molecule is O=[N+]([O-])c1ccc(OCCCCCl)cc1. The predicted molar refractivity (Wildman–Crippen MR) is 58.5 cm³/mol. The summed E-state index contributed by atoms with van der Waals surface area (Å²) < 4.78 is 5.36. The monoisotopic (exact) mass is 229 g/mol. The van der Waals surface area contributed by atoms with Crippen molar-refractivity contribution in [2.45, 2.75) is 12.8 Å². The van der Waals surface area contributed by atoms with Crippen molar-refractivity contribution in [3.8, 4) is 5.75 Å². The average molecular weight is 230 g/mol. The van der Waals surface area contributed by atoms with Gasteiger partial charge >= 0.3 is 0 Å². The number of halogens is 1. The number of ether oxygens (including phenoxy) is 1. The third-order valence-corrected chi connectivity index (χ3v) is 2.11. The molecule has 0 bridgehead atoms. The first kappa shape index (κ1) is 11.8. The zero-order valence-electron chi connectivity index (χ0n) is 8.19. The highest BCUT2D eigenvalue weighted by Crippen LogP contribution is 2.17. The first-order valence-electron chi connectivity index (χ1n) is 4.67. The molecule has 0 heterocycles. The molecule has 1 aromatic carbocycles. The van der Waals surface area contributed by atoms with Crippen LogP contribution in [0, 0.1) is 10.1 Å². The second kappa shape index (κ2) is 6.24. The maximum Gasteiger partial charge on any atom is 0.269 e. The minimum Gasteiger partial charge on any atom is -0.494 e. The third kappa shape index (κ3) is 4.16. The average Bonchev–Trinajstić information content (AvgIpc) is 2.25. The Balaban J connectivity index is 2.39. The van der Waals surface area contributed by atoms with Gasteiger partial charge in [-0.1, -0.05) is 0 Å². The highest BCUT2D eigenvalue weighted by molar-refractivity contribution is 6.17. The first-order valence-corrected chi connectivity index (χ1v) is 5.20. The largest absolute Gasteiger partial charge is 0.494 e. The minimum absolute atomic E-state index is 0.0723. The lowest BCUT2D eigenvalue weighted by atomic mass is 10.3. The quantitative estimate of drug-likeness (QED) is 0.326. The van der Waals surface area contributed by atoms with Gasteiger partial charge in [-0.3, -0.25) is 10.1 Å². The summed E-state index contributed by atoms with van der Waals surface area (Å²) in [4.78, 5) is 9.93. The molecule has 0 radical (unpaired) electrons. The van der Waals surface area contributed by atoms with Crippen molar-refractivity contribution >= 4 is 17.3 Å². The van der Waals surface area contributed by atoms with Gasteiger partial charge in [-0.05, 0) is 25.0 Å². The van der Waals surface area contributed by atoms with Gasteiger partial charge in [0.2, 0.25) is 0 Å². The Labute approximate surface area is 93.0 Å². The van der Waals surface area contributed by atoms with E-state index in [1.807, 2.05) is 0 Å². The zero-order valence-corrected chi connectivity index (χ0v) is 8.94. The molecule has 4 nitrogen and oxygen atoms in total. The summed E-state index contributed by atoms with van der Waals surface area (Å²) in [7, 11) is 0. The molecule has 0 fully saturated rings. The van der Waals surface area contributed by atoms with E-state index < -0.39 is 4.92 Å². The molecular weight excluding hydrogens is 218 g/mol. The van der Waals surface area contributed by atoms with Crippen LogP contribution in [0.3, 0.4) is 0 Å². The van der Waals surface area contributed by atoms with E-state index in [-0.39, 0.29) is 5.69 Å². The van der Waals surface area contributed by atoms with Gasteiger partial charge in [0.1, 0.15) is 5.75 Å². The van der Waals surface area contributed by atoms with E-state index in [2.05, 4.69) is 0 Å². The lowest BCUT2D eigenvalue weighted by Gasteiger charge is -2.04. The second-order valence-corrected chi connectivity index (χ2v) is 3.37. The number of nitrogens with zero attached hydrogens (tertiary/aromatic N) is 1. The topological polar surface area (TPSA) is 52.4 Å². The smallest absolute Gasteiger partial charge is 0.269 e. The van der Waals surface area contributed by atoms with Crippen LogP contribution in [0.25, 0.3) is 0 Å². The van der Waals surface area contributed by atoms with E-state index >= 15 is 0 Å². The third-order valence-electron chi connectivity index (χ3n) is 1.84. The van der Waals surface area contributed by atoms with E-state index in [4.69, 9.17) is 16.3 Å². The number of nitro benzene ring substituents is 1. The van der Waals surface area contributed by atoms with E-state index in [9.17, 15) is 10.1 Å². The molecule has 0 spiro atoms. The predicted octanol–water partition coefficient (Wildman–Crippen LogP) is 2.99. The van der Waals surface area contributed by atoms with Crippen molar-refractivity contribution in [2.24, 2.45) is 0 Å². The molecule has 0 saturated carbocycles. The Bertz CT molecular complexity index is 313. The second-order valence-electron chi connectivity index (χ2n) is 3.00. The Morgan fingerprint density at radius 3 is 2.47 bits per heavy atom. The summed E-state index contributed by atoms with van der Waals surface area (Å²) in [6.45, 7) is 0.588. The normalized spacial score (nSPS) is 9.93. The summed E-state index contributed by atoms with van der Waals surface area (Å²) >= 11 is 5.51. The minimum atomic E-state index is -0.433. The molecule has 1 aromatic rings. The zero-order chi connectivity index (χ0) is 11.1. The van der Waals surface area contributed by atoms with Crippen LogP contribution >= 0.6 is 11.6 Å². The molecule has 15 heavy (non-hydrogen) atoms. The number of non-ortho nitro benzene ring substituents is 1. The fourth-order valence-electron chi connectivity index (χ4n) is 1.05. The Morgan fingerprint density at radius 1 is 1.27 bits per heavy atom. The molecule has 0 aromatic heterocycles. The number of unbranched alkanes of at least 4 members (excludes halogenated alkanes) is 1. The van der Waals surface area contributed by atoms with Gasteiger partial charge in [0.25, 0.3) is 5.69 Å². The van der Waals surface area contributed by atoms with Crippen LogP contribution in [-0.2, 0) is 0 Å². The molecule has 1 rings (SSSR count). The fourth-order valence-corrected chi connectivity index (χ4v) is 1.24. The van der Waals surface area contributed by atoms with Gasteiger partial charge in [0.05, 0.1) is 11.5 Å². The molecule has 0 aliphatic rings. The summed E-state index contributed by atoms with van der Waals surface area (Å²) in [6, 6.07) is 6.05. The highest BCUT2D eigenvalue weighted by atomic mass is 35.5. The number of hydrogen-bond acceptors (Lipinski definition) is 3. The number of hydrogen-bond donors (Lipinski definition) is 0. The van der Waals surface area contributed by atoms with Gasteiger partial charge in [0.15, 0.2) is 0 Å². The number of benzene rings is 1. The molecule has 82 valence electrons. The number of rotatable bonds is 6. The van der Waals surface area contributed by atoms with Crippen LogP contribution < -0.4 is 4.74 Å². The Hall–Kier alpha value is -1.29. The molecule has 5 heteroatoms. The van der Waals surface area contributed by atoms with Crippen molar-refractivity contribution in [2.75, 3.05) is 12.5 Å². The Kier molecular flexibility index (Phi) is 4.90. The first-order chi connectivity index (χ1) is 7.24. The van der Waals surface area contributed by atoms with Gasteiger partial charge in [0, 0.05) is 18.0 Å². The number of nitro groups is 1. The lowest BCUT2D eigenvalue weighted by Crippen LogP contribution is -1.97. The van der Waals surface area contributed by atoms with E-state index in [1.54, 1.807) is 12.1 Å². The van der Waals surface area contributed by atoms with Crippen LogP contribution in [-0.4, -0.2) is 17.4 Å². The van der Waals surface area contributed by atoms with Crippen molar-refractivity contribution < 1.29 is 9.66 Å². The fraction of sp³-hybridized carbons (Fsp3) is 0.400. The van der Waals surface area contributed by atoms with Gasteiger partial charge < -0.3 is 4.74 Å². The molecular formula is C10H12ClNO3. The van der Waals surface area contributed by atoms with Crippen LogP contribution in [0.15, 0.2) is 24.3 Å². The van der Waals surface area contributed by atoms with Crippen molar-refractivity contribution in [1.29, 1.82) is 0 Å². The molecule has 0 unspecified atom stereocenters. The van der Waals surface area contributed by atoms with Crippen LogP contribution in [0.4, 0.5) is 5.69 Å². The van der Waals surface area contributed by atoms with Crippen LogP contribution in [0.2, 0.25) is 0 Å². The summed E-state index contributed by atoms with van der Waals surface area (Å²) in [5.41, 5.74) is 0.0723. The maximum absolute atomic E-state index is 10.4. The van der Waals surface area contributed by atoms with Crippen LogP contribution in [0.5, 0.6) is 5.75 Å². The molecule has 0 atom stereocenters. The van der Waals surface area contributed by atoms with Crippen LogP contribution in [0.1, 0.15) is 12.8 Å². The van der Waals surface area contributed by atoms with Crippen molar-refractivity contribution in [3.63, 3.8) is 0 Å². The Morgan fingerprint density at radius 2 is 1.93 bits per heavy atom. The van der Waals surface area contributed by atoms with Gasteiger partial charge in [-0.25, -0.2) is 0 Å². The summed E-state index contributed by atoms with van der Waals surface area (Å²) in [5.74, 6) is 1.28. The van der Waals surface area contributed by atoms with E-state index in [0.29, 0.717) is 18.2 Å². The summed E-state index contributed by atoms with van der Waals surface area (Å²) in [6.07, 6.45) is 1.80. The lowest BCUT2D eigenvalue weighted by molar-refractivity contribution is -0.384.